The quantitative estimate of drug-likeness (QED) is 0.605. The summed E-state index contributed by atoms with van der Waals surface area (Å²) in [6.45, 7) is 9.19. The second-order valence-electron chi connectivity index (χ2n) is 3.84. The second-order valence-corrected chi connectivity index (χ2v) is 5.01. The van der Waals surface area contributed by atoms with Crippen molar-refractivity contribution < 1.29 is 4.74 Å². The van der Waals surface area contributed by atoms with Gasteiger partial charge in [0.15, 0.2) is 0 Å². The van der Waals surface area contributed by atoms with Crippen molar-refractivity contribution in [1.82, 2.24) is 4.90 Å². The summed E-state index contributed by atoms with van der Waals surface area (Å²) in [5.41, 5.74) is 5.36. The molecule has 0 aliphatic rings. The molecule has 0 aromatic carbocycles. The van der Waals surface area contributed by atoms with Gasteiger partial charge < -0.3 is 10.5 Å². The topological polar surface area (TPSA) is 38.5 Å². The van der Waals surface area contributed by atoms with E-state index in [0.717, 1.165) is 37.7 Å². The Kier molecular flexibility index (Phi) is 7.70. The van der Waals surface area contributed by atoms with E-state index in [1.54, 1.807) is 11.3 Å². The first-order valence-electron chi connectivity index (χ1n) is 6.37. The Morgan fingerprint density at radius 3 is 2.89 bits per heavy atom. The molecule has 18 heavy (non-hydrogen) atoms. The first-order valence-corrected chi connectivity index (χ1v) is 7.19. The average Bonchev–Trinajstić information content (AvgIpc) is 2.83. The minimum absolute atomic E-state index is 0.419. The van der Waals surface area contributed by atoms with Crippen LogP contribution in [-0.4, -0.2) is 37.7 Å². The lowest BCUT2D eigenvalue weighted by Crippen LogP contribution is -2.26. The van der Waals surface area contributed by atoms with Gasteiger partial charge in [0.05, 0.1) is 18.0 Å². The van der Waals surface area contributed by atoms with Gasteiger partial charge in [-0.1, -0.05) is 18.8 Å². The van der Waals surface area contributed by atoms with Crippen LogP contribution < -0.4 is 5.73 Å². The fraction of sp³-hybridized carbons (Fsp3) is 0.571. The summed E-state index contributed by atoms with van der Waals surface area (Å²) in [5, 5.41) is 0. The van der Waals surface area contributed by atoms with Crippen LogP contribution in [0.4, 0.5) is 0 Å². The third kappa shape index (κ3) is 5.65. The molecule has 0 fully saturated rings. The molecular weight excluding hydrogens is 244 g/mol. The van der Waals surface area contributed by atoms with E-state index in [-0.39, 0.29) is 0 Å². The fourth-order valence-corrected chi connectivity index (χ4v) is 2.50. The van der Waals surface area contributed by atoms with E-state index in [4.69, 9.17) is 10.5 Å². The number of rotatable bonds is 7. The molecule has 0 amide bonds. The highest BCUT2D eigenvalue weighted by atomic mass is 32.1. The van der Waals surface area contributed by atoms with Gasteiger partial charge in [-0.15, -0.1) is 11.3 Å². The molecule has 0 radical (unpaired) electrons. The van der Waals surface area contributed by atoms with Gasteiger partial charge in [0.1, 0.15) is 0 Å². The maximum atomic E-state index is 5.39. The molecule has 0 unspecified atom stereocenters. The number of ether oxygens (including phenoxy) is 1. The van der Waals surface area contributed by atoms with Gasteiger partial charge in [0, 0.05) is 24.6 Å². The number of thiophene rings is 1. The van der Waals surface area contributed by atoms with E-state index in [2.05, 4.69) is 35.8 Å². The first kappa shape index (κ1) is 15.2. The van der Waals surface area contributed by atoms with Crippen molar-refractivity contribution in [2.45, 2.75) is 20.4 Å². The average molecular weight is 266 g/mol. The number of nitrogens with two attached hydrogens (primary N) is 1. The van der Waals surface area contributed by atoms with E-state index in [0.29, 0.717) is 6.54 Å². The third-order valence-electron chi connectivity index (χ3n) is 2.56. The van der Waals surface area contributed by atoms with Crippen LogP contribution in [0.2, 0.25) is 0 Å². The van der Waals surface area contributed by atoms with Gasteiger partial charge in [-0.3, -0.25) is 4.90 Å². The van der Waals surface area contributed by atoms with Crippen LogP contribution in [-0.2, 0) is 11.3 Å². The van der Waals surface area contributed by atoms with Crippen molar-refractivity contribution in [2.24, 2.45) is 5.73 Å². The van der Waals surface area contributed by atoms with Gasteiger partial charge in [-0.25, -0.2) is 0 Å². The summed E-state index contributed by atoms with van der Waals surface area (Å²) in [7, 11) is 0. The monoisotopic (exact) mass is 266 g/mol. The maximum absolute atomic E-state index is 5.39. The van der Waals surface area contributed by atoms with E-state index in [1.165, 1.54) is 4.88 Å². The molecule has 0 saturated heterocycles. The van der Waals surface area contributed by atoms with E-state index in [9.17, 15) is 0 Å². The molecule has 0 spiro atoms. The number of likely N-dealkylation sites (N-methyl/N-ethyl adjacent to an activating group) is 1. The second kappa shape index (κ2) is 9.12. The molecule has 1 aromatic heterocycles. The van der Waals surface area contributed by atoms with Crippen LogP contribution >= 0.6 is 11.3 Å². The predicted molar refractivity (Wildman–Crippen MR) is 77.7 cm³/mol. The molecule has 1 heterocycles. The molecule has 0 atom stereocenters. The lowest BCUT2D eigenvalue weighted by atomic mass is 10.4. The van der Waals surface area contributed by atoms with Crippen LogP contribution in [0.5, 0.6) is 0 Å². The number of hydrogen-bond acceptors (Lipinski definition) is 4. The van der Waals surface area contributed by atoms with Gasteiger partial charge in [-0.05, 0) is 25.6 Å². The molecule has 3 nitrogen and oxygen atoms in total. The Bertz CT molecular complexity index is 392. The Labute approximate surface area is 114 Å². The zero-order chi connectivity index (χ0) is 13.2. The summed E-state index contributed by atoms with van der Waals surface area (Å²) < 4.78 is 5.39. The summed E-state index contributed by atoms with van der Waals surface area (Å²) in [6.07, 6.45) is 0. The molecule has 1 aromatic rings. The van der Waals surface area contributed by atoms with Crippen molar-refractivity contribution in [2.75, 3.05) is 32.8 Å². The van der Waals surface area contributed by atoms with Gasteiger partial charge >= 0.3 is 0 Å². The van der Waals surface area contributed by atoms with Crippen LogP contribution in [0, 0.1) is 11.8 Å². The SMILES string of the molecule is CCOCCN(CC)Cc1ccc(C#CCN)s1. The van der Waals surface area contributed by atoms with Crippen LogP contribution in [0.3, 0.4) is 0 Å². The van der Waals surface area contributed by atoms with Crippen molar-refractivity contribution in [3.8, 4) is 11.8 Å². The Hall–Kier alpha value is -0.860. The van der Waals surface area contributed by atoms with E-state index >= 15 is 0 Å². The smallest absolute Gasteiger partial charge is 0.0772 e. The zero-order valence-corrected chi connectivity index (χ0v) is 12.1. The lowest BCUT2D eigenvalue weighted by molar-refractivity contribution is 0.113. The Balaban J connectivity index is 2.46. The zero-order valence-electron chi connectivity index (χ0n) is 11.2. The minimum atomic E-state index is 0.419. The summed E-state index contributed by atoms with van der Waals surface area (Å²) in [6, 6.07) is 4.22. The largest absolute Gasteiger partial charge is 0.380 e. The van der Waals surface area contributed by atoms with Crippen molar-refractivity contribution in [3.63, 3.8) is 0 Å². The molecule has 100 valence electrons. The third-order valence-corrected chi connectivity index (χ3v) is 3.54. The molecule has 0 bridgehead atoms. The van der Waals surface area contributed by atoms with Crippen LogP contribution in [0.1, 0.15) is 23.6 Å². The Morgan fingerprint density at radius 2 is 2.22 bits per heavy atom. The molecule has 0 aliphatic heterocycles. The standard InChI is InChI=1S/C14H22N2OS/c1-3-16(10-11-17-4-2)12-14-8-7-13(18-14)6-5-9-15/h7-8H,3-4,9-12,15H2,1-2H3. The highest BCUT2D eigenvalue weighted by molar-refractivity contribution is 7.12. The summed E-state index contributed by atoms with van der Waals surface area (Å²) in [4.78, 5) is 4.81. The number of hydrogen-bond donors (Lipinski definition) is 1. The van der Waals surface area contributed by atoms with Crippen LogP contribution in [0.15, 0.2) is 12.1 Å². The van der Waals surface area contributed by atoms with Crippen LogP contribution in [0.25, 0.3) is 0 Å². The molecule has 1 rings (SSSR count). The number of nitrogens with zero attached hydrogens (tertiary/aromatic N) is 1. The van der Waals surface area contributed by atoms with E-state index < -0.39 is 0 Å². The highest BCUT2D eigenvalue weighted by Gasteiger charge is 2.05. The molecule has 0 aliphatic carbocycles. The van der Waals surface area contributed by atoms with Gasteiger partial charge in [0.2, 0.25) is 0 Å². The molecule has 4 heteroatoms. The maximum Gasteiger partial charge on any atom is 0.0772 e. The van der Waals surface area contributed by atoms with Gasteiger partial charge in [-0.2, -0.15) is 0 Å². The Morgan fingerprint density at radius 1 is 1.39 bits per heavy atom. The van der Waals surface area contributed by atoms with Crippen molar-refractivity contribution in [1.29, 1.82) is 0 Å². The van der Waals surface area contributed by atoms with Crippen molar-refractivity contribution >= 4 is 11.3 Å². The minimum Gasteiger partial charge on any atom is -0.380 e. The van der Waals surface area contributed by atoms with Gasteiger partial charge in [0.25, 0.3) is 0 Å². The predicted octanol–water partition coefficient (Wildman–Crippen LogP) is 1.92. The van der Waals surface area contributed by atoms with Crippen molar-refractivity contribution in [3.05, 3.63) is 21.9 Å². The summed E-state index contributed by atoms with van der Waals surface area (Å²) >= 11 is 1.74. The highest BCUT2D eigenvalue weighted by Crippen LogP contribution is 2.17. The fourth-order valence-electron chi connectivity index (χ4n) is 1.58. The normalized spacial score (nSPS) is 10.4. The summed E-state index contributed by atoms with van der Waals surface area (Å²) in [5.74, 6) is 5.95. The molecular formula is C14H22N2OS. The first-order chi connectivity index (χ1) is 8.80. The molecule has 2 N–H and O–H groups in total. The molecule has 0 saturated carbocycles. The van der Waals surface area contributed by atoms with E-state index in [1.807, 2.05) is 6.92 Å². The lowest BCUT2D eigenvalue weighted by Gasteiger charge is -2.19.